The summed E-state index contributed by atoms with van der Waals surface area (Å²) in [5.74, 6) is 3.89. The normalized spacial score (nSPS) is 20.8. The highest BCUT2D eigenvalue weighted by Gasteiger charge is 2.19. The summed E-state index contributed by atoms with van der Waals surface area (Å²) in [6.45, 7) is 2.45. The molecule has 1 amide bonds. The van der Waals surface area contributed by atoms with Crippen LogP contribution in [0.2, 0.25) is 0 Å². The summed E-state index contributed by atoms with van der Waals surface area (Å²) in [6.07, 6.45) is 10.1. The van der Waals surface area contributed by atoms with Gasteiger partial charge in [0.25, 0.3) is 0 Å². The topological polar surface area (TPSA) is 65.5 Å². The van der Waals surface area contributed by atoms with Crippen LogP contribution in [-0.2, 0) is 4.79 Å². The van der Waals surface area contributed by atoms with Crippen molar-refractivity contribution in [3.63, 3.8) is 0 Å². The van der Waals surface area contributed by atoms with Crippen molar-refractivity contribution < 1.29 is 4.79 Å². The Bertz CT molecular complexity index is 624. The minimum Gasteiger partial charge on any atom is -0.354 e. The molecule has 24 heavy (non-hydrogen) atoms. The number of anilines is 1. The molecule has 0 atom stereocenters. The highest BCUT2D eigenvalue weighted by molar-refractivity contribution is 5.95. The van der Waals surface area contributed by atoms with E-state index in [1.165, 1.54) is 12.8 Å². The Hall–Kier alpha value is -2.48. The van der Waals surface area contributed by atoms with Gasteiger partial charge in [-0.15, -0.1) is 6.42 Å². The Kier molecular flexibility index (Phi) is 6.68. The predicted octanol–water partition coefficient (Wildman–Crippen LogP) is 2.35. The molecule has 1 aliphatic carbocycles. The van der Waals surface area contributed by atoms with E-state index in [2.05, 4.69) is 33.8 Å². The number of hydrogen-bond acceptors (Lipinski definition) is 2. The largest absolute Gasteiger partial charge is 0.354 e. The molecule has 0 heterocycles. The average molecular weight is 326 g/mol. The van der Waals surface area contributed by atoms with Gasteiger partial charge in [0.05, 0.1) is 6.54 Å². The second-order valence-corrected chi connectivity index (χ2v) is 6.30. The Labute approximate surface area is 144 Å². The van der Waals surface area contributed by atoms with Crippen molar-refractivity contribution in [1.29, 1.82) is 0 Å². The van der Waals surface area contributed by atoms with Gasteiger partial charge in [-0.05, 0) is 49.8 Å². The molecule has 0 saturated heterocycles. The van der Waals surface area contributed by atoms with E-state index >= 15 is 0 Å². The molecule has 0 aromatic heterocycles. The second kappa shape index (κ2) is 8.97. The van der Waals surface area contributed by atoms with Crippen LogP contribution in [0.5, 0.6) is 0 Å². The summed E-state index contributed by atoms with van der Waals surface area (Å²) in [6, 6.07) is 7.67. The molecule has 2 rings (SSSR count). The van der Waals surface area contributed by atoms with Crippen molar-refractivity contribution in [1.82, 2.24) is 10.6 Å². The zero-order valence-corrected chi connectivity index (χ0v) is 14.4. The molecule has 0 radical (unpaired) electrons. The summed E-state index contributed by atoms with van der Waals surface area (Å²) >= 11 is 0. The van der Waals surface area contributed by atoms with Crippen LogP contribution in [0, 0.1) is 18.3 Å². The van der Waals surface area contributed by atoms with Crippen molar-refractivity contribution in [3.8, 4) is 12.3 Å². The predicted molar refractivity (Wildman–Crippen MR) is 98.9 cm³/mol. The standard InChI is InChI=1S/C19H26N4O/c1-4-15-6-5-7-17(12-15)22-18(24)13-21-19(20-3)23-16-10-8-14(2)9-11-16/h1,5-7,12,14,16H,8-11,13H2,2-3H3,(H,22,24)(H2,20,21,23). The molecule has 0 bridgehead atoms. The fourth-order valence-electron chi connectivity index (χ4n) is 2.85. The molecule has 0 spiro atoms. The zero-order chi connectivity index (χ0) is 17.4. The SMILES string of the molecule is C#Cc1cccc(NC(=O)CNC(=NC)NC2CCC(C)CC2)c1. The Morgan fingerprint density at radius 2 is 2.08 bits per heavy atom. The lowest BCUT2D eigenvalue weighted by molar-refractivity contribution is -0.115. The van der Waals surface area contributed by atoms with Crippen LogP contribution < -0.4 is 16.0 Å². The van der Waals surface area contributed by atoms with E-state index in [0.717, 1.165) is 24.3 Å². The number of amides is 1. The van der Waals surface area contributed by atoms with E-state index in [1.54, 1.807) is 13.1 Å². The van der Waals surface area contributed by atoms with Gasteiger partial charge in [0, 0.05) is 24.3 Å². The van der Waals surface area contributed by atoms with Crippen LogP contribution in [0.15, 0.2) is 29.3 Å². The van der Waals surface area contributed by atoms with Crippen molar-refractivity contribution in [2.24, 2.45) is 10.9 Å². The quantitative estimate of drug-likeness (QED) is 0.452. The second-order valence-electron chi connectivity index (χ2n) is 6.30. The minimum absolute atomic E-state index is 0.135. The number of guanidine groups is 1. The van der Waals surface area contributed by atoms with E-state index in [4.69, 9.17) is 6.42 Å². The molecule has 1 saturated carbocycles. The maximum Gasteiger partial charge on any atom is 0.243 e. The van der Waals surface area contributed by atoms with Gasteiger partial charge in [-0.25, -0.2) is 0 Å². The average Bonchev–Trinajstić information content (AvgIpc) is 2.60. The summed E-state index contributed by atoms with van der Waals surface area (Å²) in [4.78, 5) is 16.3. The van der Waals surface area contributed by atoms with Crippen LogP contribution in [0.4, 0.5) is 5.69 Å². The summed E-state index contributed by atoms with van der Waals surface area (Å²) in [5, 5.41) is 9.28. The summed E-state index contributed by atoms with van der Waals surface area (Å²) < 4.78 is 0. The number of aliphatic imine (C=N–C) groups is 1. The molecular formula is C19H26N4O. The molecule has 1 fully saturated rings. The first-order valence-electron chi connectivity index (χ1n) is 8.44. The maximum atomic E-state index is 12.1. The molecule has 0 unspecified atom stereocenters. The summed E-state index contributed by atoms with van der Waals surface area (Å²) in [7, 11) is 1.72. The van der Waals surface area contributed by atoms with Crippen molar-refractivity contribution in [2.75, 3.05) is 18.9 Å². The minimum atomic E-state index is -0.135. The number of terminal acetylenes is 1. The Balaban J connectivity index is 1.78. The van der Waals surface area contributed by atoms with E-state index in [1.807, 2.05) is 18.2 Å². The smallest absolute Gasteiger partial charge is 0.243 e. The van der Waals surface area contributed by atoms with Gasteiger partial charge >= 0.3 is 0 Å². The van der Waals surface area contributed by atoms with E-state index in [-0.39, 0.29) is 12.5 Å². The van der Waals surface area contributed by atoms with Crippen LogP contribution in [-0.4, -0.2) is 31.5 Å². The van der Waals surface area contributed by atoms with Crippen LogP contribution >= 0.6 is 0 Å². The van der Waals surface area contributed by atoms with Gasteiger partial charge in [0.2, 0.25) is 5.91 Å². The first-order chi connectivity index (χ1) is 11.6. The van der Waals surface area contributed by atoms with Crippen molar-refractivity contribution >= 4 is 17.6 Å². The van der Waals surface area contributed by atoms with E-state index in [9.17, 15) is 4.79 Å². The van der Waals surface area contributed by atoms with Crippen molar-refractivity contribution in [3.05, 3.63) is 29.8 Å². The maximum absolute atomic E-state index is 12.1. The molecule has 5 nitrogen and oxygen atoms in total. The van der Waals surface area contributed by atoms with Crippen LogP contribution in [0.25, 0.3) is 0 Å². The number of nitrogens with one attached hydrogen (secondary N) is 3. The van der Waals surface area contributed by atoms with Gasteiger partial charge in [-0.3, -0.25) is 9.79 Å². The van der Waals surface area contributed by atoms with Crippen LogP contribution in [0.1, 0.15) is 38.2 Å². The first kappa shape index (κ1) is 17.9. The summed E-state index contributed by atoms with van der Waals surface area (Å²) in [5.41, 5.74) is 1.44. The molecule has 1 aromatic carbocycles. The first-order valence-corrected chi connectivity index (χ1v) is 8.44. The fraction of sp³-hybridized carbons (Fsp3) is 0.474. The number of hydrogen-bond donors (Lipinski definition) is 3. The van der Waals surface area contributed by atoms with Gasteiger partial charge in [0.15, 0.2) is 5.96 Å². The molecule has 0 aliphatic heterocycles. The molecule has 5 heteroatoms. The number of nitrogens with zero attached hydrogens (tertiary/aromatic N) is 1. The number of benzene rings is 1. The van der Waals surface area contributed by atoms with Gasteiger partial charge in [0.1, 0.15) is 0 Å². The number of carbonyl (C=O) groups excluding carboxylic acids is 1. The number of carbonyl (C=O) groups is 1. The number of rotatable bonds is 4. The van der Waals surface area contributed by atoms with E-state index < -0.39 is 0 Å². The van der Waals surface area contributed by atoms with Crippen LogP contribution in [0.3, 0.4) is 0 Å². The Morgan fingerprint density at radius 3 is 2.75 bits per heavy atom. The zero-order valence-electron chi connectivity index (χ0n) is 14.4. The third-order valence-corrected chi connectivity index (χ3v) is 4.31. The molecule has 3 N–H and O–H groups in total. The van der Waals surface area contributed by atoms with Crippen molar-refractivity contribution in [2.45, 2.75) is 38.6 Å². The fourth-order valence-corrected chi connectivity index (χ4v) is 2.85. The van der Waals surface area contributed by atoms with Gasteiger partial charge in [-0.2, -0.15) is 0 Å². The highest BCUT2D eigenvalue weighted by Crippen LogP contribution is 2.23. The van der Waals surface area contributed by atoms with Gasteiger partial charge in [-0.1, -0.05) is 18.9 Å². The highest BCUT2D eigenvalue weighted by atomic mass is 16.1. The lowest BCUT2D eigenvalue weighted by atomic mass is 9.87. The molecule has 1 aromatic rings. The third kappa shape index (κ3) is 5.62. The van der Waals surface area contributed by atoms with E-state index in [0.29, 0.717) is 17.7 Å². The molecule has 128 valence electrons. The lowest BCUT2D eigenvalue weighted by Gasteiger charge is -2.28. The lowest BCUT2D eigenvalue weighted by Crippen LogP contribution is -2.46. The molecular weight excluding hydrogens is 300 g/mol. The molecule has 1 aliphatic rings. The monoisotopic (exact) mass is 326 g/mol. The van der Waals surface area contributed by atoms with Gasteiger partial charge < -0.3 is 16.0 Å². The third-order valence-electron chi connectivity index (χ3n) is 4.31. The Morgan fingerprint density at radius 1 is 1.33 bits per heavy atom.